The van der Waals surface area contributed by atoms with Gasteiger partial charge in [0.1, 0.15) is 18.9 Å². The number of hydrogen-bond acceptors (Lipinski definition) is 4. The molecule has 3 amide bonds. The summed E-state index contributed by atoms with van der Waals surface area (Å²) in [7, 11) is 0. The molecular formula is C25H35N3O3S. The SMILES string of the molecule is CCCNC(=O)N(CC(=O)N1CCc2sccc2[C@H]1COc1ccccc1C)CC(C)C. The molecule has 1 atom stereocenters. The first-order chi connectivity index (χ1) is 15.4. The van der Waals surface area contributed by atoms with E-state index in [0.717, 1.165) is 29.7 Å². The highest BCUT2D eigenvalue weighted by atomic mass is 32.1. The maximum Gasteiger partial charge on any atom is 0.317 e. The first-order valence-corrected chi connectivity index (χ1v) is 12.4. The normalized spacial score (nSPS) is 15.4. The first-order valence-electron chi connectivity index (χ1n) is 11.5. The minimum atomic E-state index is -0.171. The molecule has 1 N–H and O–H groups in total. The molecule has 1 aromatic heterocycles. The molecule has 7 heteroatoms. The molecule has 0 bridgehead atoms. The molecule has 2 heterocycles. The molecule has 0 radical (unpaired) electrons. The van der Waals surface area contributed by atoms with Gasteiger partial charge in [0.15, 0.2) is 0 Å². The minimum Gasteiger partial charge on any atom is -0.491 e. The molecule has 174 valence electrons. The lowest BCUT2D eigenvalue weighted by molar-refractivity contribution is -0.135. The third-order valence-corrected chi connectivity index (χ3v) is 6.63. The summed E-state index contributed by atoms with van der Waals surface area (Å²) in [6.45, 7) is 10.4. The van der Waals surface area contributed by atoms with Gasteiger partial charge in [-0.1, -0.05) is 39.0 Å². The van der Waals surface area contributed by atoms with Crippen LogP contribution in [0.4, 0.5) is 4.79 Å². The van der Waals surface area contributed by atoms with E-state index in [4.69, 9.17) is 4.74 Å². The number of nitrogens with zero attached hydrogens (tertiary/aromatic N) is 2. The van der Waals surface area contributed by atoms with E-state index >= 15 is 0 Å². The van der Waals surface area contributed by atoms with Crippen LogP contribution < -0.4 is 10.1 Å². The molecule has 2 aromatic rings. The average molecular weight is 458 g/mol. The van der Waals surface area contributed by atoms with E-state index in [-0.39, 0.29) is 30.4 Å². The Morgan fingerprint density at radius 2 is 2.06 bits per heavy atom. The fourth-order valence-corrected chi connectivity index (χ4v) is 4.95. The number of para-hydroxylation sites is 1. The molecule has 0 fully saturated rings. The van der Waals surface area contributed by atoms with Crippen molar-refractivity contribution in [3.05, 3.63) is 51.7 Å². The quantitative estimate of drug-likeness (QED) is 0.597. The summed E-state index contributed by atoms with van der Waals surface area (Å²) in [6.07, 6.45) is 1.70. The monoisotopic (exact) mass is 457 g/mol. The van der Waals surface area contributed by atoms with Gasteiger partial charge in [0.25, 0.3) is 0 Å². The van der Waals surface area contributed by atoms with Crippen molar-refractivity contribution >= 4 is 23.3 Å². The molecule has 0 saturated carbocycles. The van der Waals surface area contributed by atoms with E-state index in [1.54, 1.807) is 16.2 Å². The second kappa shape index (κ2) is 11.4. The van der Waals surface area contributed by atoms with Crippen LogP contribution in [-0.4, -0.2) is 54.5 Å². The number of thiophene rings is 1. The lowest BCUT2D eigenvalue weighted by Crippen LogP contribution is -2.50. The number of nitrogens with one attached hydrogen (secondary N) is 1. The average Bonchev–Trinajstić information content (AvgIpc) is 3.25. The van der Waals surface area contributed by atoms with Crippen molar-refractivity contribution < 1.29 is 14.3 Å². The van der Waals surface area contributed by atoms with Crippen LogP contribution in [0.5, 0.6) is 5.75 Å². The van der Waals surface area contributed by atoms with Gasteiger partial charge < -0.3 is 19.9 Å². The third-order valence-electron chi connectivity index (χ3n) is 5.63. The number of benzene rings is 1. The van der Waals surface area contributed by atoms with Crippen LogP contribution in [0.2, 0.25) is 0 Å². The Balaban J connectivity index is 1.76. The summed E-state index contributed by atoms with van der Waals surface area (Å²) in [5.41, 5.74) is 2.23. The minimum absolute atomic E-state index is 0.0347. The number of fused-ring (bicyclic) bond motifs is 1. The maximum absolute atomic E-state index is 13.4. The van der Waals surface area contributed by atoms with Crippen molar-refractivity contribution in [2.45, 2.75) is 46.6 Å². The lowest BCUT2D eigenvalue weighted by Gasteiger charge is -2.37. The van der Waals surface area contributed by atoms with Gasteiger partial charge in [0.05, 0.1) is 6.04 Å². The Kier molecular flexibility index (Phi) is 8.56. The van der Waals surface area contributed by atoms with Crippen LogP contribution in [0.1, 0.15) is 49.2 Å². The summed E-state index contributed by atoms with van der Waals surface area (Å²) < 4.78 is 6.17. The fraction of sp³-hybridized carbons (Fsp3) is 0.520. The molecule has 6 nitrogen and oxygen atoms in total. The molecule has 3 rings (SSSR count). The molecule has 0 aliphatic carbocycles. The molecule has 0 spiro atoms. The Morgan fingerprint density at radius 1 is 1.28 bits per heavy atom. The van der Waals surface area contributed by atoms with Gasteiger partial charge in [-0.25, -0.2) is 4.79 Å². The Hall–Kier alpha value is -2.54. The first kappa shape index (κ1) is 24.1. The summed E-state index contributed by atoms with van der Waals surface area (Å²) in [5, 5.41) is 5.00. The van der Waals surface area contributed by atoms with Crippen molar-refractivity contribution in [2.24, 2.45) is 5.92 Å². The van der Waals surface area contributed by atoms with E-state index < -0.39 is 0 Å². The molecular weight excluding hydrogens is 422 g/mol. The smallest absolute Gasteiger partial charge is 0.317 e. The number of rotatable bonds is 9. The standard InChI is InChI=1S/C25H35N3O3S/c1-5-12-26-25(30)27(15-18(2)3)16-24(29)28-13-10-23-20(11-14-32-23)21(28)17-31-22-9-7-6-8-19(22)4/h6-9,11,14,18,21H,5,10,12-13,15-17H2,1-4H3,(H,26,30)/t21-/m1/s1. The number of ether oxygens (including phenoxy) is 1. The molecule has 1 aliphatic heterocycles. The number of carbonyl (C=O) groups excluding carboxylic acids is 2. The highest BCUT2D eigenvalue weighted by Crippen LogP contribution is 2.34. The number of hydrogen-bond donors (Lipinski definition) is 1. The van der Waals surface area contributed by atoms with E-state index in [1.165, 1.54) is 4.88 Å². The van der Waals surface area contributed by atoms with Gasteiger partial charge in [-0.05, 0) is 54.3 Å². The maximum atomic E-state index is 13.4. The Morgan fingerprint density at radius 3 is 2.78 bits per heavy atom. The van der Waals surface area contributed by atoms with Crippen LogP contribution in [0.3, 0.4) is 0 Å². The van der Waals surface area contributed by atoms with Crippen LogP contribution in [0.15, 0.2) is 35.7 Å². The molecule has 1 aliphatic rings. The zero-order valence-corrected chi connectivity index (χ0v) is 20.4. The lowest BCUT2D eigenvalue weighted by atomic mass is 10.00. The van der Waals surface area contributed by atoms with Gasteiger partial charge in [0.2, 0.25) is 5.91 Å². The van der Waals surface area contributed by atoms with Crippen molar-refractivity contribution in [3.8, 4) is 5.75 Å². The van der Waals surface area contributed by atoms with Gasteiger partial charge in [-0.2, -0.15) is 0 Å². The highest BCUT2D eigenvalue weighted by Gasteiger charge is 2.33. The second-order valence-electron chi connectivity index (χ2n) is 8.73. The van der Waals surface area contributed by atoms with Crippen molar-refractivity contribution in [1.29, 1.82) is 0 Å². The number of amides is 3. The molecule has 0 saturated heterocycles. The Labute approximate surface area is 195 Å². The van der Waals surface area contributed by atoms with Crippen molar-refractivity contribution in [2.75, 3.05) is 32.8 Å². The van der Waals surface area contributed by atoms with Gasteiger partial charge in [-0.3, -0.25) is 4.79 Å². The fourth-order valence-electron chi connectivity index (χ4n) is 4.02. The largest absolute Gasteiger partial charge is 0.491 e. The van der Waals surface area contributed by atoms with E-state index in [1.807, 2.05) is 43.0 Å². The number of urea groups is 1. The third kappa shape index (κ3) is 6.03. The van der Waals surface area contributed by atoms with Crippen LogP contribution in [0, 0.1) is 12.8 Å². The topological polar surface area (TPSA) is 61.9 Å². The van der Waals surface area contributed by atoms with E-state index in [0.29, 0.717) is 26.2 Å². The van der Waals surface area contributed by atoms with Crippen LogP contribution in [-0.2, 0) is 11.2 Å². The molecule has 0 unspecified atom stereocenters. The van der Waals surface area contributed by atoms with Crippen LogP contribution >= 0.6 is 11.3 Å². The van der Waals surface area contributed by atoms with Gasteiger partial charge in [0, 0.05) is 24.5 Å². The number of carbonyl (C=O) groups is 2. The summed E-state index contributed by atoms with van der Waals surface area (Å²) in [5.74, 6) is 1.08. The zero-order valence-electron chi connectivity index (χ0n) is 19.6. The van der Waals surface area contributed by atoms with E-state index in [2.05, 4.69) is 30.6 Å². The predicted molar refractivity (Wildman–Crippen MR) is 129 cm³/mol. The number of aryl methyl sites for hydroxylation is 1. The molecule has 32 heavy (non-hydrogen) atoms. The predicted octanol–water partition coefficient (Wildman–Crippen LogP) is 4.64. The highest BCUT2D eigenvalue weighted by molar-refractivity contribution is 7.10. The van der Waals surface area contributed by atoms with Crippen LogP contribution in [0.25, 0.3) is 0 Å². The summed E-state index contributed by atoms with van der Waals surface area (Å²) in [6, 6.07) is 9.70. The van der Waals surface area contributed by atoms with Gasteiger partial charge >= 0.3 is 6.03 Å². The summed E-state index contributed by atoms with van der Waals surface area (Å²) in [4.78, 5) is 31.0. The second-order valence-corrected chi connectivity index (χ2v) is 9.74. The summed E-state index contributed by atoms with van der Waals surface area (Å²) >= 11 is 1.74. The molecule has 1 aromatic carbocycles. The van der Waals surface area contributed by atoms with Gasteiger partial charge in [-0.15, -0.1) is 11.3 Å². The zero-order chi connectivity index (χ0) is 23.1. The van der Waals surface area contributed by atoms with Crippen molar-refractivity contribution in [1.82, 2.24) is 15.1 Å². The van der Waals surface area contributed by atoms with E-state index in [9.17, 15) is 9.59 Å². The Bertz CT molecular complexity index is 911. The van der Waals surface area contributed by atoms with Crippen molar-refractivity contribution in [3.63, 3.8) is 0 Å².